The number of nitrogens with zero attached hydrogens (tertiary/aromatic N) is 2. The lowest BCUT2D eigenvalue weighted by atomic mass is 10.1. The van der Waals surface area contributed by atoms with Crippen molar-refractivity contribution in [3.8, 4) is 11.3 Å². The highest BCUT2D eigenvalue weighted by Crippen LogP contribution is 2.35. The number of benzene rings is 2. The third-order valence-electron chi connectivity index (χ3n) is 3.51. The summed E-state index contributed by atoms with van der Waals surface area (Å²) >= 11 is 0. The van der Waals surface area contributed by atoms with Gasteiger partial charge in [-0.15, -0.1) is 0 Å². The minimum Gasteiger partial charge on any atom is -0.283 e. The molecule has 2 aromatic carbocycles. The second-order valence-corrected chi connectivity index (χ2v) is 5.09. The van der Waals surface area contributed by atoms with Crippen LogP contribution in [0, 0.1) is 0 Å². The Hall–Kier alpha value is -2.86. The lowest BCUT2D eigenvalue weighted by Crippen LogP contribution is -2.12. The van der Waals surface area contributed by atoms with E-state index >= 15 is 0 Å². The van der Waals surface area contributed by atoms with Crippen LogP contribution in [-0.2, 0) is 6.18 Å². The fourth-order valence-corrected chi connectivity index (χ4v) is 2.33. The molecule has 6 heteroatoms. The van der Waals surface area contributed by atoms with E-state index in [1.165, 1.54) is 12.1 Å². The molecule has 0 saturated heterocycles. The average molecular weight is 330 g/mol. The molecule has 3 nitrogen and oxygen atoms in total. The third kappa shape index (κ3) is 3.23. The summed E-state index contributed by atoms with van der Waals surface area (Å²) in [4.78, 5) is 4.25. The lowest BCUT2D eigenvalue weighted by Gasteiger charge is -2.20. The summed E-state index contributed by atoms with van der Waals surface area (Å²) in [7, 11) is 0. The Morgan fingerprint density at radius 1 is 0.833 bits per heavy atom. The molecule has 122 valence electrons. The zero-order valence-electron chi connectivity index (χ0n) is 12.4. The summed E-state index contributed by atoms with van der Waals surface area (Å²) in [6.45, 7) is 0. The van der Waals surface area contributed by atoms with Crippen LogP contribution in [0.25, 0.3) is 11.3 Å². The number of aromatic nitrogens is 1. The Kier molecular flexibility index (Phi) is 4.22. The Bertz CT molecular complexity index is 818. The molecule has 3 rings (SSSR count). The van der Waals surface area contributed by atoms with Crippen molar-refractivity contribution in [2.24, 2.45) is 0 Å². The molecular formula is C18H13F3N2O. The molecule has 0 aliphatic rings. The molecule has 0 aliphatic heterocycles. The van der Waals surface area contributed by atoms with Gasteiger partial charge in [-0.1, -0.05) is 24.3 Å². The van der Waals surface area contributed by atoms with E-state index in [1.807, 2.05) is 6.07 Å². The molecule has 0 bridgehead atoms. The molecule has 0 unspecified atom stereocenters. The van der Waals surface area contributed by atoms with Gasteiger partial charge in [-0.25, -0.2) is 5.06 Å². The van der Waals surface area contributed by atoms with E-state index in [1.54, 1.807) is 42.6 Å². The molecule has 0 saturated carbocycles. The molecule has 0 radical (unpaired) electrons. The summed E-state index contributed by atoms with van der Waals surface area (Å²) in [5.41, 5.74) is 1.21. The van der Waals surface area contributed by atoms with Crippen molar-refractivity contribution in [3.63, 3.8) is 0 Å². The highest BCUT2D eigenvalue weighted by atomic mass is 19.4. The molecule has 0 aliphatic carbocycles. The van der Waals surface area contributed by atoms with E-state index in [9.17, 15) is 18.4 Å². The Morgan fingerprint density at radius 2 is 1.50 bits per heavy atom. The normalized spacial score (nSPS) is 11.3. The SMILES string of the molecule is ON(c1ccc(C(F)(F)F)cc1)c1ccccc1-c1ccccn1. The van der Waals surface area contributed by atoms with Gasteiger partial charge >= 0.3 is 6.18 Å². The monoisotopic (exact) mass is 330 g/mol. The standard InChI is InChI=1S/C18H13F3N2O/c19-18(20,21)13-8-10-14(11-9-13)23(24)17-7-2-1-5-15(17)16-6-3-4-12-22-16/h1-12,24H. The number of rotatable bonds is 3. The maximum Gasteiger partial charge on any atom is 0.416 e. The summed E-state index contributed by atoms with van der Waals surface area (Å²) in [6.07, 6.45) is -2.78. The van der Waals surface area contributed by atoms with Crippen LogP contribution in [0.15, 0.2) is 72.9 Å². The van der Waals surface area contributed by atoms with Gasteiger partial charge in [0, 0.05) is 11.8 Å². The van der Waals surface area contributed by atoms with Gasteiger partial charge in [0.25, 0.3) is 0 Å². The molecule has 0 atom stereocenters. The van der Waals surface area contributed by atoms with Crippen molar-refractivity contribution < 1.29 is 18.4 Å². The van der Waals surface area contributed by atoms with Gasteiger partial charge in [0.15, 0.2) is 0 Å². The molecule has 0 fully saturated rings. The fraction of sp³-hybridized carbons (Fsp3) is 0.0556. The first-order valence-corrected chi connectivity index (χ1v) is 7.13. The van der Waals surface area contributed by atoms with E-state index in [0.717, 1.165) is 17.2 Å². The second-order valence-electron chi connectivity index (χ2n) is 5.09. The van der Waals surface area contributed by atoms with Crippen LogP contribution in [0.4, 0.5) is 24.5 Å². The van der Waals surface area contributed by atoms with Crippen LogP contribution in [-0.4, -0.2) is 10.2 Å². The first-order valence-electron chi connectivity index (χ1n) is 7.13. The number of anilines is 2. The van der Waals surface area contributed by atoms with Gasteiger partial charge in [-0.2, -0.15) is 13.2 Å². The summed E-state index contributed by atoms with van der Waals surface area (Å²) in [5.74, 6) is 0. The maximum absolute atomic E-state index is 12.6. The van der Waals surface area contributed by atoms with E-state index < -0.39 is 11.7 Å². The van der Waals surface area contributed by atoms with Crippen molar-refractivity contribution in [1.29, 1.82) is 0 Å². The molecule has 0 spiro atoms. The van der Waals surface area contributed by atoms with Crippen LogP contribution in [0.1, 0.15) is 5.56 Å². The summed E-state index contributed by atoms with van der Waals surface area (Å²) in [5, 5.41) is 11.3. The average Bonchev–Trinajstić information content (AvgIpc) is 2.61. The Labute approximate surface area is 136 Å². The van der Waals surface area contributed by atoms with E-state index in [-0.39, 0.29) is 5.69 Å². The van der Waals surface area contributed by atoms with Gasteiger partial charge in [0.2, 0.25) is 0 Å². The van der Waals surface area contributed by atoms with Crippen LogP contribution in [0.3, 0.4) is 0 Å². The minimum atomic E-state index is -4.41. The van der Waals surface area contributed by atoms with Gasteiger partial charge in [0.05, 0.1) is 22.6 Å². The van der Waals surface area contributed by atoms with Crippen molar-refractivity contribution in [2.75, 3.05) is 5.06 Å². The van der Waals surface area contributed by atoms with Crippen molar-refractivity contribution in [3.05, 3.63) is 78.5 Å². The first-order chi connectivity index (χ1) is 11.5. The van der Waals surface area contributed by atoms with E-state index in [4.69, 9.17) is 0 Å². The molecule has 0 amide bonds. The smallest absolute Gasteiger partial charge is 0.283 e. The van der Waals surface area contributed by atoms with Gasteiger partial charge < -0.3 is 0 Å². The van der Waals surface area contributed by atoms with E-state index in [0.29, 0.717) is 16.9 Å². The van der Waals surface area contributed by atoms with Gasteiger partial charge in [-0.05, 0) is 42.5 Å². The predicted octanol–water partition coefficient (Wildman–Crippen LogP) is 5.29. The van der Waals surface area contributed by atoms with Crippen LogP contribution < -0.4 is 5.06 Å². The predicted molar refractivity (Wildman–Crippen MR) is 85.0 cm³/mol. The zero-order chi connectivity index (χ0) is 17.2. The maximum atomic E-state index is 12.6. The van der Waals surface area contributed by atoms with Crippen LogP contribution >= 0.6 is 0 Å². The number of pyridine rings is 1. The Balaban J connectivity index is 1.98. The number of hydrogen-bond acceptors (Lipinski definition) is 3. The third-order valence-corrected chi connectivity index (χ3v) is 3.51. The molecule has 1 aromatic heterocycles. The van der Waals surface area contributed by atoms with E-state index in [2.05, 4.69) is 4.98 Å². The van der Waals surface area contributed by atoms with Gasteiger partial charge in [-0.3, -0.25) is 10.2 Å². The summed E-state index contributed by atoms with van der Waals surface area (Å²) in [6, 6.07) is 16.7. The number of halogens is 3. The highest BCUT2D eigenvalue weighted by Gasteiger charge is 2.30. The van der Waals surface area contributed by atoms with Gasteiger partial charge in [0.1, 0.15) is 0 Å². The fourth-order valence-electron chi connectivity index (χ4n) is 2.33. The molecule has 1 heterocycles. The zero-order valence-corrected chi connectivity index (χ0v) is 12.4. The topological polar surface area (TPSA) is 36.4 Å². The Morgan fingerprint density at radius 3 is 2.12 bits per heavy atom. The molecule has 1 N–H and O–H groups in total. The highest BCUT2D eigenvalue weighted by molar-refractivity contribution is 5.79. The molecule has 3 aromatic rings. The second kappa shape index (κ2) is 6.33. The van der Waals surface area contributed by atoms with Crippen molar-refractivity contribution in [1.82, 2.24) is 4.98 Å². The minimum absolute atomic E-state index is 0.228. The summed E-state index contributed by atoms with van der Waals surface area (Å²) < 4.78 is 37.9. The number of para-hydroxylation sites is 1. The quantitative estimate of drug-likeness (QED) is 0.663. The molecule has 24 heavy (non-hydrogen) atoms. The molecular weight excluding hydrogens is 317 g/mol. The lowest BCUT2D eigenvalue weighted by molar-refractivity contribution is -0.137. The van der Waals surface area contributed by atoms with Crippen molar-refractivity contribution in [2.45, 2.75) is 6.18 Å². The number of hydrogen-bond donors (Lipinski definition) is 1. The number of alkyl halides is 3. The largest absolute Gasteiger partial charge is 0.416 e. The van der Waals surface area contributed by atoms with Crippen LogP contribution in [0.2, 0.25) is 0 Å². The first kappa shape index (κ1) is 16.0. The van der Waals surface area contributed by atoms with Crippen molar-refractivity contribution >= 4 is 11.4 Å². The van der Waals surface area contributed by atoms with Crippen LogP contribution in [0.5, 0.6) is 0 Å².